The zero-order valence-electron chi connectivity index (χ0n) is 14.4. The highest BCUT2D eigenvalue weighted by Crippen LogP contribution is 2.46. The van der Waals surface area contributed by atoms with Crippen molar-refractivity contribution < 1.29 is 23.5 Å². The van der Waals surface area contributed by atoms with Gasteiger partial charge in [-0.25, -0.2) is 13.6 Å². The highest BCUT2D eigenvalue weighted by Gasteiger charge is 2.49. The lowest BCUT2D eigenvalue weighted by Crippen LogP contribution is -2.47. The molecule has 8 heteroatoms. The molecule has 2 N–H and O–H groups in total. The van der Waals surface area contributed by atoms with Crippen molar-refractivity contribution in [1.29, 1.82) is 0 Å². The monoisotopic (exact) mass is 363 g/mol. The molecular formula is C18H19F2N3O3. The van der Waals surface area contributed by atoms with E-state index >= 15 is 0 Å². The number of carbonyl (C=O) groups is 2. The molecule has 1 aromatic carbocycles. The van der Waals surface area contributed by atoms with E-state index in [0.29, 0.717) is 19.3 Å². The molecule has 1 saturated carbocycles. The average molecular weight is 363 g/mol. The SMILES string of the molecule is CC(C)(C(=O)O)n1cc(NC(=O)C2(c3c(F)cccc3F)CCC2)cn1. The van der Waals surface area contributed by atoms with E-state index in [0.717, 1.165) is 12.1 Å². The molecule has 0 bridgehead atoms. The lowest BCUT2D eigenvalue weighted by Gasteiger charge is -2.40. The number of aromatic nitrogens is 2. The number of carbonyl (C=O) groups excluding carboxylic acids is 1. The fraction of sp³-hybridized carbons (Fsp3) is 0.389. The second-order valence-corrected chi connectivity index (χ2v) is 7.02. The van der Waals surface area contributed by atoms with Crippen LogP contribution in [-0.4, -0.2) is 26.8 Å². The molecule has 0 unspecified atom stereocenters. The maximum Gasteiger partial charge on any atom is 0.331 e. The van der Waals surface area contributed by atoms with Crippen molar-refractivity contribution in [2.45, 2.75) is 44.1 Å². The minimum absolute atomic E-state index is 0.220. The molecule has 0 saturated heterocycles. The summed E-state index contributed by atoms with van der Waals surface area (Å²) in [6, 6.07) is 3.54. The summed E-state index contributed by atoms with van der Waals surface area (Å²) in [5.74, 6) is -3.10. The molecule has 1 aromatic heterocycles. The lowest BCUT2D eigenvalue weighted by molar-refractivity contribution is -0.146. The first kappa shape index (κ1) is 18.0. The van der Waals surface area contributed by atoms with Gasteiger partial charge in [0.05, 0.1) is 17.3 Å². The minimum atomic E-state index is -1.30. The highest BCUT2D eigenvalue weighted by atomic mass is 19.1. The van der Waals surface area contributed by atoms with E-state index in [1.165, 1.54) is 37.0 Å². The smallest absolute Gasteiger partial charge is 0.331 e. The summed E-state index contributed by atoms with van der Waals surface area (Å²) >= 11 is 0. The van der Waals surface area contributed by atoms with Crippen LogP contribution in [0.1, 0.15) is 38.7 Å². The van der Waals surface area contributed by atoms with E-state index in [9.17, 15) is 23.5 Å². The van der Waals surface area contributed by atoms with E-state index in [-0.39, 0.29) is 11.3 Å². The normalized spacial score (nSPS) is 16.0. The third-order valence-corrected chi connectivity index (χ3v) is 5.02. The number of benzene rings is 1. The number of nitrogens with zero attached hydrogens (tertiary/aromatic N) is 2. The first-order chi connectivity index (χ1) is 12.2. The van der Waals surface area contributed by atoms with Crippen molar-refractivity contribution in [3.63, 3.8) is 0 Å². The van der Waals surface area contributed by atoms with Gasteiger partial charge in [-0.1, -0.05) is 12.5 Å². The van der Waals surface area contributed by atoms with Crippen LogP contribution in [0.5, 0.6) is 0 Å². The molecular weight excluding hydrogens is 344 g/mol. The van der Waals surface area contributed by atoms with Gasteiger partial charge in [-0.3, -0.25) is 9.48 Å². The summed E-state index contributed by atoms with van der Waals surface area (Å²) in [4.78, 5) is 24.1. The molecule has 1 heterocycles. The molecule has 0 spiro atoms. The summed E-state index contributed by atoms with van der Waals surface area (Å²) < 4.78 is 29.6. The van der Waals surface area contributed by atoms with E-state index in [4.69, 9.17) is 0 Å². The van der Waals surface area contributed by atoms with Crippen molar-refractivity contribution in [2.24, 2.45) is 0 Å². The van der Waals surface area contributed by atoms with Crippen LogP contribution in [0.3, 0.4) is 0 Å². The molecule has 3 rings (SSSR count). The van der Waals surface area contributed by atoms with Crippen LogP contribution in [0.2, 0.25) is 0 Å². The molecule has 0 aliphatic heterocycles. The number of hydrogen-bond donors (Lipinski definition) is 2. The highest BCUT2D eigenvalue weighted by molar-refractivity contribution is 5.99. The summed E-state index contributed by atoms with van der Waals surface area (Å²) in [7, 11) is 0. The van der Waals surface area contributed by atoms with Gasteiger partial charge in [-0.05, 0) is 38.8 Å². The molecule has 0 radical (unpaired) electrons. The zero-order chi connectivity index (χ0) is 19.1. The predicted octanol–water partition coefficient (Wildman–Crippen LogP) is 3.04. The van der Waals surface area contributed by atoms with Crippen LogP contribution in [0.4, 0.5) is 14.5 Å². The van der Waals surface area contributed by atoms with Crippen LogP contribution in [0.15, 0.2) is 30.6 Å². The molecule has 1 aliphatic carbocycles. The number of hydrogen-bond acceptors (Lipinski definition) is 3. The van der Waals surface area contributed by atoms with Crippen LogP contribution >= 0.6 is 0 Å². The fourth-order valence-electron chi connectivity index (χ4n) is 3.12. The number of nitrogens with one attached hydrogen (secondary N) is 1. The van der Waals surface area contributed by atoms with Gasteiger partial charge < -0.3 is 10.4 Å². The molecule has 26 heavy (non-hydrogen) atoms. The number of carboxylic acids is 1. The topological polar surface area (TPSA) is 84.2 Å². The number of halogens is 2. The van der Waals surface area contributed by atoms with E-state index < -0.39 is 34.5 Å². The van der Waals surface area contributed by atoms with Crippen molar-refractivity contribution in [3.05, 3.63) is 47.8 Å². The number of aliphatic carboxylic acids is 1. The van der Waals surface area contributed by atoms with Gasteiger partial charge >= 0.3 is 5.97 Å². The molecule has 1 amide bonds. The second-order valence-electron chi connectivity index (χ2n) is 7.02. The van der Waals surface area contributed by atoms with Gasteiger partial charge in [0, 0.05) is 11.8 Å². The van der Waals surface area contributed by atoms with E-state index in [1.807, 2.05) is 0 Å². The Morgan fingerprint density at radius 1 is 1.27 bits per heavy atom. The van der Waals surface area contributed by atoms with Gasteiger partial charge in [0.2, 0.25) is 5.91 Å². The van der Waals surface area contributed by atoms with Crippen LogP contribution in [-0.2, 0) is 20.5 Å². The molecule has 0 atom stereocenters. The number of anilines is 1. The average Bonchev–Trinajstić information content (AvgIpc) is 2.98. The maximum absolute atomic E-state index is 14.2. The van der Waals surface area contributed by atoms with Gasteiger partial charge in [0.15, 0.2) is 5.54 Å². The van der Waals surface area contributed by atoms with E-state index in [2.05, 4.69) is 10.4 Å². The summed E-state index contributed by atoms with van der Waals surface area (Å²) in [5.41, 5.74) is -2.51. The van der Waals surface area contributed by atoms with Crippen molar-refractivity contribution in [1.82, 2.24) is 9.78 Å². The molecule has 6 nitrogen and oxygen atoms in total. The van der Waals surface area contributed by atoms with Crippen molar-refractivity contribution in [3.8, 4) is 0 Å². The first-order valence-electron chi connectivity index (χ1n) is 8.23. The Labute approximate surface area is 148 Å². The van der Waals surface area contributed by atoms with Gasteiger partial charge in [-0.2, -0.15) is 5.10 Å². The Morgan fingerprint density at radius 3 is 2.38 bits per heavy atom. The van der Waals surface area contributed by atoms with E-state index in [1.54, 1.807) is 0 Å². The van der Waals surface area contributed by atoms with Crippen molar-refractivity contribution >= 4 is 17.6 Å². The second kappa shape index (κ2) is 6.19. The zero-order valence-corrected chi connectivity index (χ0v) is 14.4. The standard InChI is InChI=1S/C18H19F2N3O3/c1-17(2,16(25)26)23-10-11(9-21-23)22-15(24)18(7-4-8-18)14-12(19)5-3-6-13(14)20/h3,5-6,9-10H,4,7-8H2,1-2H3,(H,22,24)(H,25,26). The molecule has 1 fully saturated rings. The minimum Gasteiger partial charge on any atom is -0.479 e. The molecule has 138 valence electrons. The molecule has 1 aliphatic rings. The third kappa shape index (κ3) is 2.75. The Kier molecular flexibility index (Phi) is 4.29. The third-order valence-electron chi connectivity index (χ3n) is 5.02. The number of amides is 1. The van der Waals surface area contributed by atoms with Gasteiger partial charge in [0.1, 0.15) is 11.6 Å². The van der Waals surface area contributed by atoms with Crippen LogP contribution in [0.25, 0.3) is 0 Å². The van der Waals surface area contributed by atoms with Crippen LogP contribution in [0, 0.1) is 11.6 Å². The number of carboxylic acid groups (broad SMARTS) is 1. The Hall–Kier alpha value is -2.77. The van der Waals surface area contributed by atoms with Gasteiger partial charge in [0.25, 0.3) is 0 Å². The fourth-order valence-corrected chi connectivity index (χ4v) is 3.12. The Bertz CT molecular complexity index is 852. The predicted molar refractivity (Wildman–Crippen MR) is 89.7 cm³/mol. The first-order valence-corrected chi connectivity index (χ1v) is 8.23. The Morgan fingerprint density at radius 2 is 1.88 bits per heavy atom. The summed E-state index contributed by atoms with van der Waals surface area (Å²) in [5, 5.41) is 15.8. The largest absolute Gasteiger partial charge is 0.479 e. The maximum atomic E-state index is 14.2. The summed E-state index contributed by atoms with van der Waals surface area (Å²) in [6.07, 6.45) is 4.06. The van der Waals surface area contributed by atoms with Crippen molar-refractivity contribution in [2.75, 3.05) is 5.32 Å². The Balaban J connectivity index is 1.88. The summed E-state index contributed by atoms with van der Waals surface area (Å²) in [6.45, 7) is 2.94. The lowest BCUT2D eigenvalue weighted by atomic mass is 9.63. The van der Waals surface area contributed by atoms with Crippen LogP contribution < -0.4 is 5.32 Å². The number of rotatable bonds is 5. The quantitative estimate of drug-likeness (QED) is 0.855. The van der Waals surface area contributed by atoms with Gasteiger partial charge in [-0.15, -0.1) is 0 Å². The molecule has 2 aromatic rings.